The van der Waals surface area contributed by atoms with Crippen molar-refractivity contribution in [2.75, 3.05) is 0 Å². The van der Waals surface area contributed by atoms with Gasteiger partial charge in [-0.1, -0.05) is 91.8 Å². The second-order valence-corrected chi connectivity index (χ2v) is 14.1. The van der Waals surface area contributed by atoms with E-state index < -0.39 is 0 Å². The molecule has 0 saturated carbocycles. The van der Waals surface area contributed by atoms with E-state index in [1.807, 2.05) is 42.9 Å². The molecule has 264 valence electrons. The van der Waals surface area contributed by atoms with Gasteiger partial charge in [0.15, 0.2) is 0 Å². The average Bonchev–Trinajstić information content (AvgIpc) is 3.17. The maximum absolute atomic E-state index is 4.26. The maximum atomic E-state index is 4.26. The van der Waals surface area contributed by atoms with Gasteiger partial charge < -0.3 is 0 Å². The van der Waals surface area contributed by atoms with Crippen LogP contribution in [-0.2, 0) is 0 Å². The zero-order valence-electron chi connectivity index (χ0n) is 31.6. The molecule has 4 aromatic carbocycles. The summed E-state index contributed by atoms with van der Waals surface area (Å²) in [7, 11) is 0. The zero-order chi connectivity index (χ0) is 37.0. The van der Waals surface area contributed by atoms with Crippen molar-refractivity contribution in [2.24, 2.45) is 0 Å². The molecule has 7 heteroatoms. The predicted molar refractivity (Wildman–Crippen MR) is 217 cm³/mol. The number of aromatic nitrogens is 7. The molecule has 0 aliphatic heterocycles. The molecular formula is C45H49N7. The molecule has 8 aromatic rings. The standard InChI is InChI=1S/C12H13N.3C11H12N2/c1-9(2)10-3-4-12-8-13-6-5-11(12)7-10;1-8(2)9-3-4-11-10(5-9)6-12-7-13-11;1-8(2)9-3-4-11-10(7-9)5-6-12-13-11;1-8(2)9-3-4-10-11(7-9)13-6-5-12-10/h3-9H,1-2H3;3*3-8H,1-2H3. The molecular weight excluding hydrogens is 639 g/mol. The summed E-state index contributed by atoms with van der Waals surface area (Å²) in [5, 5.41) is 12.6. The number of nitrogens with zero attached hydrogens (tertiary/aromatic N) is 7. The van der Waals surface area contributed by atoms with Crippen LogP contribution in [0.3, 0.4) is 0 Å². The molecule has 0 fully saturated rings. The molecule has 7 nitrogen and oxygen atoms in total. The number of rotatable bonds is 4. The van der Waals surface area contributed by atoms with Crippen LogP contribution in [-0.4, -0.2) is 35.1 Å². The van der Waals surface area contributed by atoms with Crippen LogP contribution in [0.15, 0.2) is 128 Å². The summed E-state index contributed by atoms with van der Waals surface area (Å²) in [6.07, 6.45) is 12.4. The van der Waals surface area contributed by atoms with Gasteiger partial charge in [0.25, 0.3) is 0 Å². The predicted octanol–water partition coefficient (Wildman–Crippen LogP) is 11.6. The van der Waals surface area contributed by atoms with E-state index in [1.165, 1.54) is 38.4 Å². The summed E-state index contributed by atoms with van der Waals surface area (Å²) < 4.78 is 0. The first-order valence-electron chi connectivity index (χ1n) is 18.0. The fraction of sp³-hybridized carbons (Fsp3) is 0.267. The smallest absolute Gasteiger partial charge is 0.116 e. The van der Waals surface area contributed by atoms with Gasteiger partial charge in [-0.3, -0.25) is 15.0 Å². The highest BCUT2D eigenvalue weighted by Crippen LogP contribution is 2.22. The SMILES string of the molecule is CC(C)c1ccc2cnccc2c1.CC(C)c1ccc2nccnc2c1.CC(C)c1ccc2ncncc2c1.CC(C)c1ccc2nnccc2c1. The van der Waals surface area contributed by atoms with Gasteiger partial charge >= 0.3 is 0 Å². The largest absolute Gasteiger partial charge is 0.264 e. The molecule has 0 saturated heterocycles. The van der Waals surface area contributed by atoms with Crippen molar-refractivity contribution in [3.63, 3.8) is 0 Å². The van der Waals surface area contributed by atoms with E-state index >= 15 is 0 Å². The van der Waals surface area contributed by atoms with Crippen LogP contribution < -0.4 is 0 Å². The molecule has 0 aliphatic rings. The van der Waals surface area contributed by atoms with Gasteiger partial charge in [0.05, 0.1) is 28.3 Å². The first kappa shape index (κ1) is 37.6. The normalized spacial score (nSPS) is 11.0. The molecule has 4 heterocycles. The third-order valence-corrected chi connectivity index (χ3v) is 8.89. The third kappa shape index (κ3) is 10.2. The van der Waals surface area contributed by atoms with E-state index in [9.17, 15) is 0 Å². The van der Waals surface area contributed by atoms with Crippen LogP contribution in [0.25, 0.3) is 43.6 Å². The van der Waals surface area contributed by atoms with Crippen molar-refractivity contribution in [1.82, 2.24) is 35.1 Å². The van der Waals surface area contributed by atoms with E-state index in [2.05, 4.69) is 151 Å². The topological polar surface area (TPSA) is 90.2 Å². The first-order chi connectivity index (χ1) is 25.1. The molecule has 0 aliphatic carbocycles. The highest BCUT2D eigenvalue weighted by molar-refractivity contribution is 5.82. The molecule has 0 N–H and O–H groups in total. The maximum Gasteiger partial charge on any atom is 0.116 e. The van der Waals surface area contributed by atoms with Gasteiger partial charge in [-0.15, -0.1) is 0 Å². The van der Waals surface area contributed by atoms with E-state index in [-0.39, 0.29) is 0 Å². The lowest BCUT2D eigenvalue weighted by atomic mass is 10.0. The number of benzene rings is 4. The first-order valence-corrected chi connectivity index (χ1v) is 18.0. The van der Waals surface area contributed by atoms with Crippen LogP contribution in [0.1, 0.15) is 101 Å². The monoisotopic (exact) mass is 687 g/mol. The molecule has 0 atom stereocenters. The summed E-state index contributed by atoms with van der Waals surface area (Å²) in [5.74, 6) is 2.27. The molecule has 0 spiro atoms. The Labute approximate surface area is 307 Å². The lowest BCUT2D eigenvalue weighted by Crippen LogP contribution is -1.89. The van der Waals surface area contributed by atoms with Gasteiger partial charge in [-0.25, -0.2) is 9.97 Å². The molecule has 0 radical (unpaired) electrons. The Morgan fingerprint density at radius 1 is 0.365 bits per heavy atom. The summed E-state index contributed by atoms with van der Waals surface area (Å²) in [6, 6.07) is 29.5. The Kier molecular flexibility index (Phi) is 13.0. The van der Waals surface area contributed by atoms with E-state index in [4.69, 9.17) is 0 Å². The van der Waals surface area contributed by atoms with Crippen LogP contribution in [0.4, 0.5) is 0 Å². The zero-order valence-corrected chi connectivity index (χ0v) is 31.6. The third-order valence-electron chi connectivity index (χ3n) is 8.89. The summed E-state index contributed by atoms with van der Waals surface area (Å²) in [5.41, 5.74) is 9.31. The lowest BCUT2D eigenvalue weighted by Gasteiger charge is -2.05. The molecule has 52 heavy (non-hydrogen) atoms. The van der Waals surface area contributed by atoms with Crippen LogP contribution in [0.2, 0.25) is 0 Å². The van der Waals surface area contributed by atoms with Crippen molar-refractivity contribution >= 4 is 43.6 Å². The number of hydrogen-bond donors (Lipinski definition) is 0. The number of hydrogen-bond acceptors (Lipinski definition) is 7. The minimum absolute atomic E-state index is 0.548. The van der Waals surface area contributed by atoms with Gasteiger partial charge in [-0.05, 0) is 99.8 Å². The van der Waals surface area contributed by atoms with E-state index in [1.54, 1.807) is 24.9 Å². The van der Waals surface area contributed by atoms with Crippen molar-refractivity contribution < 1.29 is 0 Å². The minimum Gasteiger partial charge on any atom is -0.264 e. The second-order valence-electron chi connectivity index (χ2n) is 14.1. The van der Waals surface area contributed by atoms with Crippen molar-refractivity contribution in [3.05, 3.63) is 151 Å². The number of fused-ring (bicyclic) bond motifs is 4. The Hall–Kier alpha value is -5.69. The highest BCUT2D eigenvalue weighted by atomic mass is 15.1. The number of pyridine rings is 1. The van der Waals surface area contributed by atoms with E-state index in [0.717, 1.165) is 27.5 Å². The Balaban J connectivity index is 0.000000134. The molecule has 0 bridgehead atoms. The van der Waals surface area contributed by atoms with Crippen LogP contribution >= 0.6 is 0 Å². The summed E-state index contributed by atoms with van der Waals surface area (Å²) >= 11 is 0. The van der Waals surface area contributed by atoms with Crippen LogP contribution in [0, 0.1) is 0 Å². The second kappa shape index (κ2) is 18.0. The lowest BCUT2D eigenvalue weighted by molar-refractivity contribution is 0.868. The summed E-state index contributed by atoms with van der Waals surface area (Å²) in [6.45, 7) is 17.5. The van der Waals surface area contributed by atoms with Crippen molar-refractivity contribution in [2.45, 2.75) is 79.1 Å². The molecule has 0 unspecified atom stereocenters. The Morgan fingerprint density at radius 3 is 1.56 bits per heavy atom. The Morgan fingerprint density at radius 2 is 0.885 bits per heavy atom. The molecule has 4 aromatic heterocycles. The fourth-order valence-electron chi connectivity index (χ4n) is 5.53. The highest BCUT2D eigenvalue weighted by Gasteiger charge is 2.03. The van der Waals surface area contributed by atoms with Gasteiger partial charge in [0.1, 0.15) is 6.33 Å². The van der Waals surface area contributed by atoms with Crippen molar-refractivity contribution in [3.8, 4) is 0 Å². The van der Waals surface area contributed by atoms with Crippen molar-refractivity contribution in [1.29, 1.82) is 0 Å². The fourth-order valence-corrected chi connectivity index (χ4v) is 5.53. The van der Waals surface area contributed by atoms with Crippen LogP contribution in [0.5, 0.6) is 0 Å². The quantitative estimate of drug-likeness (QED) is 0.182. The summed E-state index contributed by atoms with van der Waals surface area (Å²) in [4.78, 5) is 20.7. The molecule has 0 amide bonds. The van der Waals surface area contributed by atoms with Gasteiger partial charge in [0, 0.05) is 47.1 Å². The van der Waals surface area contributed by atoms with Gasteiger partial charge in [0.2, 0.25) is 0 Å². The Bertz CT molecular complexity index is 2010. The van der Waals surface area contributed by atoms with E-state index in [0.29, 0.717) is 23.7 Å². The molecule has 8 rings (SSSR count). The van der Waals surface area contributed by atoms with Gasteiger partial charge in [-0.2, -0.15) is 10.2 Å². The average molecular weight is 688 g/mol. The minimum atomic E-state index is 0.548.